The number of carbonyl (C=O) groups excluding carboxylic acids is 3. The summed E-state index contributed by atoms with van der Waals surface area (Å²) < 4.78 is 0. The standard InChI is InChI=1S/C21H24N3O3S/c22-18(12-16-9-5-2-6-10-16)20(26)24-19(14-28)21(27)23-17(13-25)11-15-7-3-1-4-8-15/h1-10,17-19,28H,11-12,14,22H2,(H,23,27)(H,24,26)/t17-,18+,19-/m0/s1. The molecule has 3 atom stereocenters. The Kier molecular flexibility index (Phi) is 8.71. The minimum Gasteiger partial charge on any atom is -0.344 e. The van der Waals surface area contributed by atoms with Crippen LogP contribution in [0.15, 0.2) is 60.7 Å². The van der Waals surface area contributed by atoms with E-state index in [0.717, 1.165) is 11.1 Å². The van der Waals surface area contributed by atoms with Crippen molar-refractivity contribution in [1.29, 1.82) is 0 Å². The van der Waals surface area contributed by atoms with Crippen molar-refractivity contribution in [3.8, 4) is 0 Å². The molecular weight excluding hydrogens is 374 g/mol. The maximum atomic E-state index is 12.5. The lowest BCUT2D eigenvalue weighted by Crippen LogP contribution is -2.55. The van der Waals surface area contributed by atoms with Gasteiger partial charge in [0.25, 0.3) is 0 Å². The Hall–Kier alpha value is -2.64. The van der Waals surface area contributed by atoms with Crippen LogP contribution < -0.4 is 16.4 Å². The highest BCUT2D eigenvalue weighted by Gasteiger charge is 2.25. The normalized spacial score (nSPS) is 13.8. The molecular formula is C21H24N3O3S. The van der Waals surface area contributed by atoms with Crippen LogP contribution in [0.5, 0.6) is 0 Å². The number of nitrogens with two attached hydrogens (primary N) is 1. The van der Waals surface area contributed by atoms with Gasteiger partial charge in [0.05, 0.1) is 12.1 Å². The molecule has 2 amide bonds. The lowest BCUT2D eigenvalue weighted by atomic mass is 10.1. The minimum atomic E-state index is -0.899. The molecule has 1 radical (unpaired) electrons. The third-order valence-corrected chi connectivity index (χ3v) is 4.56. The predicted molar refractivity (Wildman–Crippen MR) is 112 cm³/mol. The Bertz CT molecular complexity index is 771. The van der Waals surface area contributed by atoms with Crippen molar-refractivity contribution < 1.29 is 14.4 Å². The first-order valence-electron chi connectivity index (χ1n) is 8.96. The lowest BCUT2D eigenvalue weighted by Gasteiger charge is -2.21. The van der Waals surface area contributed by atoms with Crippen molar-refractivity contribution in [3.05, 3.63) is 71.8 Å². The van der Waals surface area contributed by atoms with Crippen LogP contribution >= 0.6 is 12.6 Å². The third-order valence-electron chi connectivity index (χ3n) is 4.19. The highest BCUT2D eigenvalue weighted by atomic mass is 32.1. The lowest BCUT2D eigenvalue weighted by molar-refractivity contribution is -0.129. The third kappa shape index (κ3) is 6.83. The Morgan fingerprint density at radius 3 is 1.93 bits per heavy atom. The van der Waals surface area contributed by atoms with E-state index in [2.05, 4.69) is 23.3 Å². The molecule has 0 fully saturated rings. The molecule has 6 nitrogen and oxygen atoms in total. The zero-order valence-electron chi connectivity index (χ0n) is 15.4. The molecule has 0 aliphatic rings. The van der Waals surface area contributed by atoms with Gasteiger partial charge in [0.2, 0.25) is 18.1 Å². The summed E-state index contributed by atoms with van der Waals surface area (Å²) in [4.78, 5) is 36.0. The zero-order chi connectivity index (χ0) is 20.4. The van der Waals surface area contributed by atoms with Crippen LogP contribution in [0.4, 0.5) is 0 Å². The fourth-order valence-corrected chi connectivity index (χ4v) is 2.93. The Morgan fingerprint density at radius 1 is 0.893 bits per heavy atom. The first kappa shape index (κ1) is 21.7. The van der Waals surface area contributed by atoms with E-state index in [-0.39, 0.29) is 5.75 Å². The largest absolute Gasteiger partial charge is 0.344 e. The molecule has 0 spiro atoms. The number of benzene rings is 2. The molecule has 2 aromatic rings. The fourth-order valence-electron chi connectivity index (χ4n) is 2.68. The van der Waals surface area contributed by atoms with Gasteiger partial charge in [-0.3, -0.25) is 14.4 Å². The predicted octanol–water partition coefficient (Wildman–Crippen LogP) is 0.808. The molecule has 0 unspecified atom stereocenters. The monoisotopic (exact) mass is 398 g/mol. The van der Waals surface area contributed by atoms with E-state index in [1.54, 1.807) is 0 Å². The van der Waals surface area contributed by atoms with Gasteiger partial charge in [-0.2, -0.15) is 12.6 Å². The molecule has 0 saturated heterocycles. The SMILES string of the molecule is N[C@H](Cc1ccccc1)C(=O)N[C@@H](CS)C(=O)N[C@H]([C]=O)Cc1ccccc1. The molecule has 2 rings (SSSR count). The quantitative estimate of drug-likeness (QED) is 0.445. The van der Waals surface area contributed by atoms with E-state index in [4.69, 9.17) is 5.73 Å². The van der Waals surface area contributed by atoms with Gasteiger partial charge in [-0.1, -0.05) is 60.7 Å². The van der Waals surface area contributed by atoms with E-state index in [1.807, 2.05) is 66.9 Å². The van der Waals surface area contributed by atoms with Crippen LogP contribution in [-0.2, 0) is 27.2 Å². The topological polar surface area (TPSA) is 101 Å². The highest BCUT2D eigenvalue weighted by molar-refractivity contribution is 7.80. The van der Waals surface area contributed by atoms with Gasteiger partial charge in [-0.25, -0.2) is 0 Å². The fraction of sp³-hybridized carbons (Fsp3) is 0.286. The summed E-state index contributed by atoms with van der Waals surface area (Å²) in [7, 11) is 0. The number of rotatable bonds is 10. The van der Waals surface area contributed by atoms with Gasteiger partial charge in [0, 0.05) is 12.2 Å². The first-order chi connectivity index (χ1) is 13.5. The molecule has 0 aromatic heterocycles. The van der Waals surface area contributed by atoms with Crippen molar-refractivity contribution in [2.75, 3.05) is 5.75 Å². The number of amides is 2. The summed E-state index contributed by atoms with van der Waals surface area (Å²) >= 11 is 4.13. The second-order valence-corrected chi connectivity index (χ2v) is 6.77. The van der Waals surface area contributed by atoms with Crippen molar-refractivity contribution in [3.63, 3.8) is 0 Å². The Morgan fingerprint density at radius 2 is 1.43 bits per heavy atom. The van der Waals surface area contributed by atoms with E-state index >= 15 is 0 Å². The molecule has 0 bridgehead atoms. The summed E-state index contributed by atoms with van der Waals surface area (Å²) in [6.45, 7) is 0. The number of thiol groups is 1. The van der Waals surface area contributed by atoms with Crippen LogP contribution in [0.2, 0.25) is 0 Å². The van der Waals surface area contributed by atoms with Gasteiger partial charge in [0.15, 0.2) is 0 Å². The Balaban J connectivity index is 1.90. The average molecular weight is 399 g/mol. The van der Waals surface area contributed by atoms with Crippen molar-refractivity contribution in [2.45, 2.75) is 31.0 Å². The molecule has 7 heteroatoms. The molecule has 0 saturated carbocycles. The van der Waals surface area contributed by atoms with E-state index in [9.17, 15) is 14.4 Å². The van der Waals surface area contributed by atoms with Crippen LogP contribution in [0.3, 0.4) is 0 Å². The van der Waals surface area contributed by atoms with Crippen LogP contribution in [0, 0.1) is 0 Å². The summed E-state index contributed by atoms with van der Waals surface area (Å²) in [5.41, 5.74) is 7.77. The van der Waals surface area contributed by atoms with Crippen LogP contribution in [0.25, 0.3) is 0 Å². The van der Waals surface area contributed by atoms with Crippen molar-refractivity contribution in [1.82, 2.24) is 10.6 Å². The van der Waals surface area contributed by atoms with Crippen LogP contribution in [0.1, 0.15) is 11.1 Å². The minimum absolute atomic E-state index is 0.0759. The average Bonchev–Trinajstić information content (AvgIpc) is 2.72. The summed E-state index contributed by atoms with van der Waals surface area (Å²) in [6.07, 6.45) is 2.49. The second kappa shape index (κ2) is 11.3. The molecule has 0 aliphatic heterocycles. The Labute approximate surface area is 170 Å². The van der Waals surface area contributed by atoms with Gasteiger partial charge in [-0.05, 0) is 17.5 Å². The molecule has 0 aliphatic carbocycles. The van der Waals surface area contributed by atoms with E-state index in [1.165, 1.54) is 0 Å². The van der Waals surface area contributed by atoms with Crippen molar-refractivity contribution >= 4 is 30.7 Å². The number of hydrogen-bond donors (Lipinski definition) is 4. The van der Waals surface area contributed by atoms with Gasteiger partial charge >= 0.3 is 0 Å². The smallest absolute Gasteiger partial charge is 0.244 e. The first-order valence-corrected chi connectivity index (χ1v) is 9.59. The highest BCUT2D eigenvalue weighted by Crippen LogP contribution is 2.04. The summed E-state index contributed by atoms with van der Waals surface area (Å²) in [5.74, 6) is -0.876. The van der Waals surface area contributed by atoms with Crippen molar-refractivity contribution in [2.24, 2.45) is 5.73 Å². The van der Waals surface area contributed by atoms with Gasteiger partial charge < -0.3 is 16.4 Å². The van der Waals surface area contributed by atoms with E-state index < -0.39 is 29.9 Å². The number of carbonyl (C=O) groups is 2. The summed E-state index contributed by atoms with van der Waals surface area (Å²) in [5, 5.41) is 5.19. The molecule has 2 aromatic carbocycles. The maximum Gasteiger partial charge on any atom is 0.244 e. The summed E-state index contributed by atoms with van der Waals surface area (Å²) in [6, 6.07) is 16.2. The zero-order valence-corrected chi connectivity index (χ0v) is 16.3. The molecule has 28 heavy (non-hydrogen) atoms. The number of nitrogens with one attached hydrogen (secondary N) is 2. The van der Waals surface area contributed by atoms with Gasteiger partial charge in [-0.15, -0.1) is 0 Å². The molecule has 4 N–H and O–H groups in total. The van der Waals surface area contributed by atoms with Crippen LogP contribution in [-0.4, -0.2) is 42.0 Å². The van der Waals surface area contributed by atoms with E-state index in [0.29, 0.717) is 12.8 Å². The molecule has 147 valence electrons. The second-order valence-electron chi connectivity index (χ2n) is 6.41. The van der Waals surface area contributed by atoms with Gasteiger partial charge in [0.1, 0.15) is 6.04 Å². The maximum absolute atomic E-state index is 12.5. The molecule has 0 heterocycles. The number of hydrogen-bond acceptors (Lipinski definition) is 5.